The van der Waals surface area contributed by atoms with Crippen molar-refractivity contribution in [2.24, 2.45) is 5.92 Å². The molecule has 0 saturated heterocycles. The van der Waals surface area contributed by atoms with Crippen LogP contribution < -0.4 is 5.32 Å². The van der Waals surface area contributed by atoms with E-state index in [1.54, 1.807) is 0 Å². The molecule has 1 fully saturated rings. The van der Waals surface area contributed by atoms with E-state index in [4.69, 9.17) is 0 Å². The van der Waals surface area contributed by atoms with Crippen LogP contribution in [0.15, 0.2) is 0 Å². The van der Waals surface area contributed by atoms with Gasteiger partial charge in [-0.25, -0.2) is 0 Å². The number of alkyl halides is 3. The Morgan fingerprint density at radius 2 is 1.80 bits per heavy atom. The zero-order chi connectivity index (χ0) is 11.5. The van der Waals surface area contributed by atoms with Crippen molar-refractivity contribution >= 4 is 18.5 Å². The van der Waals surface area contributed by atoms with Gasteiger partial charge in [-0.2, -0.15) is 25.8 Å². The van der Waals surface area contributed by atoms with E-state index in [1.165, 1.54) is 0 Å². The first-order chi connectivity index (χ1) is 6.88. The Balaban J connectivity index is 2.29. The number of hydrogen-bond donors (Lipinski definition) is 2. The molecule has 0 aromatic carbocycles. The second-order valence-corrected chi connectivity index (χ2v) is 4.57. The molecule has 1 aliphatic carbocycles. The van der Waals surface area contributed by atoms with Gasteiger partial charge in [-0.1, -0.05) is 0 Å². The molecule has 1 N–H and O–H groups in total. The summed E-state index contributed by atoms with van der Waals surface area (Å²) in [5.74, 6) is -0.747. The van der Waals surface area contributed by atoms with Crippen molar-refractivity contribution in [3.63, 3.8) is 0 Å². The van der Waals surface area contributed by atoms with E-state index in [0.717, 1.165) is 12.8 Å². The summed E-state index contributed by atoms with van der Waals surface area (Å²) in [6.45, 7) is -1.23. The van der Waals surface area contributed by atoms with E-state index in [1.807, 2.05) is 5.32 Å². The van der Waals surface area contributed by atoms with Crippen LogP contribution in [0.5, 0.6) is 0 Å². The van der Waals surface area contributed by atoms with Gasteiger partial charge in [-0.15, -0.1) is 0 Å². The van der Waals surface area contributed by atoms with Gasteiger partial charge in [0.05, 0.1) is 0 Å². The Morgan fingerprint density at radius 1 is 1.27 bits per heavy atom. The zero-order valence-corrected chi connectivity index (χ0v) is 9.07. The fourth-order valence-corrected chi connectivity index (χ4v) is 1.97. The Bertz CT molecular complexity index is 224. The van der Waals surface area contributed by atoms with Crippen molar-refractivity contribution in [2.45, 2.75) is 37.1 Å². The number of amides is 1. The maximum absolute atomic E-state index is 11.8. The molecular weight excluding hydrogens is 227 g/mol. The second kappa shape index (κ2) is 5.09. The number of hydrogen-bond acceptors (Lipinski definition) is 2. The molecule has 0 radical (unpaired) electrons. The molecule has 1 rings (SSSR count). The van der Waals surface area contributed by atoms with Crippen LogP contribution in [0.4, 0.5) is 13.2 Å². The van der Waals surface area contributed by atoms with Crippen molar-refractivity contribution in [2.75, 3.05) is 6.54 Å². The molecule has 0 atom stereocenters. The lowest BCUT2D eigenvalue weighted by Crippen LogP contribution is -2.38. The maximum atomic E-state index is 11.8. The Labute approximate surface area is 92.0 Å². The lowest BCUT2D eigenvalue weighted by atomic mass is 9.88. The van der Waals surface area contributed by atoms with Gasteiger partial charge in [0, 0.05) is 11.2 Å². The van der Waals surface area contributed by atoms with E-state index in [0.29, 0.717) is 12.8 Å². The number of carbonyl (C=O) groups excluding carboxylic acids is 1. The lowest BCUT2D eigenvalue weighted by Gasteiger charge is -2.24. The third-order valence-corrected chi connectivity index (χ3v) is 3.05. The number of halogens is 3. The largest absolute Gasteiger partial charge is 0.405 e. The van der Waals surface area contributed by atoms with Crippen molar-refractivity contribution in [3.8, 4) is 0 Å². The third kappa shape index (κ3) is 4.77. The minimum absolute atomic E-state index is 0.268. The van der Waals surface area contributed by atoms with Crippen LogP contribution in [0, 0.1) is 5.92 Å². The van der Waals surface area contributed by atoms with Gasteiger partial charge in [0.2, 0.25) is 5.91 Å². The second-order valence-electron chi connectivity index (χ2n) is 3.84. The van der Waals surface area contributed by atoms with E-state index in [-0.39, 0.29) is 11.2 Å². The topological polar surface area (TPSA) is 29.1 Å². The highest BCUT2D eigenvalue weighted by Crippen LogP contribution is 2.27. The summed E-state index contributed by atoms with van der Waals surface area (Å²) < 4.78 is 35.5. The summed E-state index contributed by atoms with van der Waals surface area (Å²) in [5, 5.41) is 2.21. The van der Waals surface area contributed by atoms with Crippen LogP contribution in [0.1, 0.15) is 25.7 Å². The van der Waals surface area contributed by atoms with Crippen LogP contribution in [0.25, 0.3) is 0 Å². The van der Waals surface area contributed by atoms with Crippen LogP contribution in [-0.4, -0.2) is 23.9 Å². The van der Waals surface area contributed by atoms with Gasteiger partial charge >= 0.3 is 6.18 Å². The van der Waals surface area contributed by atoms with Gasteiger partial charge in [0.1, 0.15) is 6.54 Å². The molecule has 88 valence electrons. The maximum Gasteiger partial charge on any atom is 0.405 e. The molecule has 15 heavy (non-hydrogen) atoms. The smallest absolute Gasteiger partial charge is 0.347 e. The average Bonchev–Trinajstić information content (AvgIpc) is 2.14. The summed E-state index contributed by atoms with van der Waals surface area (Å²) in [5.41, 5.74) is 0. The first kappa shape index (κ1) is 12.7. The molecule has 0 aromatic rings. The average molecular weight is 241 g/mol. The summed E-state index contributed by atoms with van der Waals surface area (Å²) in [7, 11) is 0. The van der Waals surface area contributed by atoms with Crippen molar-refractivity contribution in [3.05, 3.63) is 0 Å². The predicted molar refractivity (Wildman–Crippen MR) is 53.8 cm³/mol. The van der Waals surface area contributed by atoms with Gasteiger partial charge < -0.3 is 5.32 Å². The quantitative estimate of drug-likeness (QED) is 0.713. The Morgan fingerprint density at radius 3 is 2.27 bits per heavy atom. The highest BCUT2D eigenvalue weighted by molar-refractivity contribution is 7.80. The molecule has 0 bridgehead atoms. The molecule has 0 aromatic heterocycles. The molecule has 0 unspecified atom stereocenters. The van der Waals surface area contributed by atoms with E-state index in [9.17, 15) is 18.0 Å². The fourth-order valence-electron chi connectivity index (χ4n) is 1.67. The summed E-state index contributed by atoms with van der Waals surface area (Å²) in [4.78, 5) is 11.3. The minimum Gasteiger partial charge on any atom is -0.347 e. The number of nitrogens with one attached hydrogen (secondary N) is 1. The monoisotopic (exact) mass is 241 g/mol. The predicted octanol–water partition coefficient (Wildman–Crippen LogP) is 2.15. The van der Waals surface area contributed by atoms with Crippen LogP contribution in [0.3, 0.4) is 0 Å². The first-order valence-electron chi connectivity index (χ1n) is 4.91. The minimum atomic E-state index is -4.32. The lowest BCUT2D eigenvalue weighted by molar-refractivity contribution is -0.141. The highest BCUT2D eigenvalue weighted by atomic mass is 32.1. The first-order valence-corrected chi connectivity index (χ1v) is 5.42. The van der Waals surface area contributed by atoms with E-state index in [2.05, 4.69) is 12.6 Å². The summed E-state index contributed by atoms with van der Waals surface area (Å²) in [6.07, 6.45) is -1.45. The standard InChI is InChI=1S/C9H14F3NOS/c10-9(11,12)5-13-8(14)6-1-3-7(15)4-2-6/h6-7,15H,1-5H2,(H,13,14). The molecule has 1 aliphatic rings. The molecule has 1 amide bonds. The van der Waals surface area contributed by atoms with Gasteiger partial charge in [-0.05, 0) is 25.7 Å². The number of thiol groups is 1. The van der Waals surface area contributed by atoms with E-state index >= 15 is 0 Å². The van der Waals surface area contributed by atoms with Gasteiger partial charge in [0.15, 0.2) is 0 Å². The van der Waals surface area contributed by atoms with Gasteiger partial charge in [0.25, 0.3) is 0 Å². The molecule has 0 heterocycles. The molecule has 2 nitrogen and oxygen atoms in total. The van der Waals surface area contributed by atoms with Gasteiger partial charge in [-0.3, -0.25) is 4.79 Å². The molecule has 0 spiro atoms. The van der Waals surface area contributed by atoms with Crippen LogP contribution in [0.2, 0.25) is 0 Å². The summed E-state index contributed by atoms with van der Waals surface area (Å²) in [6, 6.07) is 0. The van der Waals surface area contributed by atoms with Crippen molar-refractivity contribution < 1.29 is 18.0 Å². The SMILES string of the molecule is O=C(NCC(F)(F)F)C1CCC(S)CC1. The molecule has 1 saturated carbocycles. The number of carbonyl (C=O) groups is 1. The molecule has 0 aliphatic heterocycles. The summed E-state index contributed by atoms with van der Waals surface area (Å²) >= 11 is 4.26. The van der Waals surface area contributed by atoms with Crippen LogP contribution in [-0.2, 0) is 4.79 Å². The normalized spacial score (nSPS) is 27.5. The third-order valence-electron chi connectivity index (χ3n) is 2.53. The molecule has 6 heteroatoms. The zero-order valence-electron chi connectivity index (χ0n) is 8.18. The van der Waals surface area contributed by atoms with Crippen molar-refractivity contribution in [1.82, 2.24) is 5.32 Å². The fraction of sp³-hybridized carbons (Fsp3) is 0.889. The van der Waals surface area contributed by atoms with Crippen LogP contribution >= 0.6 is 12.6 Å². The Kier molecular flexibility index (Phi) is 4.31. The van der Waals surface area contributed by atoms with Crippen molar-refractivity contribution in [1.29, 1.82) is 0 Å². The van der Waals surface area contributed by atoms with E-state index < -0.39 is 18.6 Å². The number of rotatable bonds is 2. The molecular formula is C9H14F3NOS. The highest BCUT2D eigenvalue weighted by Gasteiger charge is 2.30. The Hall–Kier alpha value is -0.390.